The Hall–Kier alpha value is -1.39. The van der Waals surface area contributed by atoms with Crippen LogP contribution in [0.3, 0.4) is 0 Å². The van der Waals surface area contributed by atoms with Crippen molar-refractivity contribution in [2.75, 3.05) is 32.7 Å². The van der Waals surface area contributed by atoms with Crippen molar-refractivity contribution in [1.29, 1.82) is 0 Å². The lowest BCUT2D eigenvalue weighted by molar-refractivity contribution is -0.138. The van der Waals surface area contributed by atoms with E-state index in [0.717, 1.165) is 32.6 Å². The predicted octanol–water partition coefficient (Wildman–Crippen LogP) is 2.46. The van der Waals surface area contributed by atoms with Gasteiger partial charge in [0.25, 0.3) is 0 Å². The van der Waals surface area contributed by atoms with Gasteiger partial charge in [-0.05, 0) is 32.8 Å². The smallest absolute Gasteiger partial charge is 0.317 e. The Morgan fingerprint density at radius 1 is 1.14 bits per heavy atom. The Kier molecular flexibility index (Phi) is 5.37. The number of carboxylic acid groups (broad SMARTS) is 1. The highest BCUT2D eigenvalue weighted by molar-refractivity contribution is 5.69. The third kappa shape index (κ3) is 4.55. The van der Waals surface area contributed by atoms with E-state index in [-0.39, 0.29) is 6.54 Å². The van der Waals surface area contributed by atoms with Gasteiger partial charge in [0.1, 0.15) is 0 Å². The molecule has 1 atom stereocenters. The maximum Gasteiger partial charge on any atom is 0.317 e. The molecule has 0 aromatic heterocycles. The maximum absolute atomic E-state index is 10.8. The number of carbonyl (C=O) groups is 1. The van der Waals surface area contributed by atoms with Crippen LogP contribution in [0.2, 0.25) is 0 Å². The van der Waals surface area contributed by atoms with Gasteiger partial charge in [-0.2, -0.15) is 0 Å². The Labute approximate surface area is 127 Å². The van der Waals surface area contributed by atoms with E-state index in [1.165, 1.54) is 16.7 Å². The van der Waals surface area contributed by atoms with Gasteiger partial charge in [0, 0.05) is 32.2 Å². The molecule has 0 radical (unpaired) electrons. The molecule has 1 aromatic carbocycles. The van der Waals surface area contributed by atoms with Crippen molar-refractivity contribution < 1.29 is 9.90 Å². The minimum absolute atomic E-state index is 0.159. The molecule has 1 aliphatic rings. The van der Waals surface area contributed by atoms with E-state index in [4.69, 9.17) is 5.11 Å². The highest BCUT2D eigenvalue weighted by Gasteiger charge is 2.21. The normalized spacial score (nSPS) is 19.2. The van der Waals surface area contributed by atoms with Crippen LogP contribution in [0, 0.1) is 13.8 Å². The zero-order chi connectivity index (χ0) is 15.4. The molecule has 4 heteroatoms. The molecular formula is C17H26N2O2. The van der Waals surface area contributed by atoms with Crippen molar-refractivity contribution in [2.45, 2.75) is 33.2 Å². The van der Waals surface area contributed by atoms with Gasteiger partial charge in [-0.15, -0.1) is 0 Å². The van der Waals surface area contributed by atoms with Crippen molar-refractivity contribution in [3.63, 3.8) is 0 Å². The zero-order valence-electron chi connectivity index (χ0n) is 13.3. The molecular weight excluding hydrogens is 264 g/mol. The van der Waals surface area contributed by atoms with Gasteiger partial charge in [-0.3, -0.25) is 14.6 Å². The summed E-state index contributed by atoms with van der Waals surface area (Å²) in [7, 11) is 0. The molecule has 1 N–H and O–H groups in total. The van der Waals surface area contributed by atoms with Crippen LogP contribution in [-0.4, -0.2) is 53.6 Å². The van der Waals surface area contributed by atoms with Gasteiger partial charge in [-0.1, -0.05) is 29.3 Å². The molecule has 2 rings (SSSR count). The summed E-state index contributed by atoms with van der Waals surface area (Å²) < 4.78 is 0. The summed E-state index contributed by atoms with van der Waals surface area (Å²) in [6, 6.07) is 7.11. The Morgan fingerprint density at radius 2 is 1.81 bits per heavy atom. The first kappa shape index (κ1) is 16.0. The Balaban J connectivity index is 2.02. The summed E-state index contributed by atoms with van der Waals surface area (Å²) >= 11 is 0. The quantitative estimate of drug-likeness (QED) is 0.925. The molecule has 1 heterocycles. The first-order valence-corrected chi connectivity index (χ1v) is 7.72. The fourth-order valence-electron chi connectivity index (χ4n) is 3.19. The number of hydrogen-bond acceptors (Lipinski definition) is 3. The second-order valence-corrected chi connectivity index (χ2v) is 6.16. The van der Waals surface area contributed by atoms with E-state index >= 15 is 0 Å². The van der Waals surface area contributed by atoms with E-state index < -0.39 is 5.97 Å². The lowest BCUT2D eigenvalue weighted by atomic mass is 10.0. The minimum atomic E-state index is -0.731. The van der Waals surface area contributed by atoms with Crippen LogP contribution < -0.4 is 0 Å². The number of hydrogen-bond donors (Lipinski definition) is 1. The van der Waals surface area contributed by atoms with Crippen LogP contribution in [0.1, 0.15) is 36.1 Å². The molecule has 21 heavy (non-hydrogen) atoms. The summed E-state index contributed by atoms with van der Waals surface area (Å²) in [5.74, 6) is -0.731. The van der Waals surface area contributed by atoms with Crippen LogP contribution in [0.25, 0.3) is 0 Å². The molecule has 0 aliphatic carbocycles. The van der Waals surface area contributed by atoms with Gasteiger partial charge in [0.05, 0.1) is 6.54 Å². The molecule has 0 amide bonds. The van der Waals surface area contributed by atoms with Crippen LogP contribution in [0.5, 0.6) is 0 Å². The summed E-state index contributed by atoms with van der Waals surface area (Å²) in [4.78, 5) is 15.3. The lowest BCUT2D eigenvalue weighted by Gasteiger charge is -2.28. The fourth-order valence-corrected chi connectivity index (χ4v) is 3.19. The van der Waals surface area contributed by atoms with Crippen LogP contribution in [-0.2, 0) is 4.79 Å². The van der Waals surface area contributed by atoms with Crippen molar-refractivity contribution in [2.24, 2.45) is 0 Å². The molecule has 0 saturated carbocycles. The van der Waals surface area contributed by atoms with E-state index in [1.54, 1.807) is 0 Å². The molecule has 0 bridgehead atoms. The molecule has 1 fully saturated rings. The van der Waals surface area contributed by atoms with Crippen LogP contribution in [0.4, 0.5) is 0 Å². The van der Waals surface area contributed by atoms with Crippen LogP contribution >= 0.6 is 0 Å². The third-order valence-electron chi connectivity index (χ3n) is 4.26. The maximum atomic E-state index is 10.8. The second kappa shape index (κ2) is 7.05. The van der Waals surface area contributed by atoms with E-state index in [2.05, 4.69) is 43.9 Å². The first-order chi connectivity index (χ1) is 9.95. The largest absolute Gasteiger partial charge is 0.480 e. The van der Waals surface area contributed by atoms with Crippen molar-refractivity contribution in [1.82, 2.24) is 9.80 Å². The summed E-state index contributed by atoms with van der Waals surface area (Å²) in [6.07, 6.45) is 1.03. The number of aryl methyl sites for hydroxylation is 2. The van der Waals surface area contributed by atoms with Gasteiger partial charge >= 0.3 is 5.97 Å². The monoisotopic (exact) mass is 290 g/mol. The average Bonchev–Trinajstić information content (AvgIpc) is 2.61. The number of aliphatic carboxylic acids is 1. The van der Waals surface area contributed by atoms with E-state index in [9.17, 15) is 4.79 Å². The molecule has 1 saturated heterocycles. The summed E-state index contributed by atoms with van der Waals surface area (Å²) in [5, 5.41) is 8.92. The van der Waals surface area contributed by atoms with Gasteiger partial charge in [-0.25, -0.2) is 0 Å². The standard InChI is InChI=1S/C17H26N2O2/c1-13-9-14(2)11-16(10-13)15(3)19-6-4-5-18(7-8-19)12-17(20)21/h9-11,15H,4-8,12H2,1-3H3,(H,20,21). The average molecular weight is 290 g/mol. The molecule has 116 valence electrons. The predicted molar refractivity (Wildman–Crippen MR) is 84.6 cm³/mol. The Bertz CT molecular complexity index is 481. The lowest BCUT2D eigenvalue weighted by Crippen LogP contribution is -2.35. The Morgan fingerprint density at radius 3 is 2.43 bits per heavy atom. The number of benzene rings is 1. The van der Waals surface area contributed by atoms with Crippen LogP contribution in [0.15, 0.2) is 18.2 Å². The molecule has 1 aromatic rings. The minimum Gasteiger partial charge on any atom is -0.480 e. The summed E-state index contributed by atoms with van der Waals surface area (Å²) in [5.41, 5.74) is 3.97. The molecule has 1 unspecified atom stereocenters. The fraction of sp³-hybridized carbons (Fsp3) is 0.588. The second-order valence-electron chi connectivity index (χ2n) is 6.16. The highest BCUT2D eigenvalue weighted by atomic mass is 16.4. The molecule has 4 nitrogen and oxygen atoms in total. The molecule has 1 aliphatic heterocycles. The van der Waals surface area contributed by atoms with Crippen molar-refractivity contribution in [3.8, 4) is 0 Å². The SMILES string of the molecule is Cc1cc(C)cc(C(C)N2CCCN(CC(=O)O)CC2)c1. The number of rotatable bonds is 4. The van der Waals surface area contributed by atoms with Gasteiger partial charge in [0.2, 0.25) is 0 Å². The molecule has 0 spiro atoms. The van der Waals surface area contributed by atoms with E-state index in [0.29, 0.717) is 6.04 Å². The number of nitrogens with zero attached hydrogens (tertiary/aromatic N) is 2. The van der Waals surface area contributed by atoms with Gasteiger partial charge < -0.3 is 5.11 Å². The van der Waals surface area contributed by atoms with E-state index in [1.807, 2.05) is 4.90 Å². The topological polar surface area (TPSA) is 43.8 Å². The third-order valence-corrected chi connectivity index (χ3v) is 4.26. The number of carboxylic acids is 1. The zero-order valence-corrected chi connectivity index (χ0v) is 13.3. The van der Waals surface area contributed by atoms with Crippen molar-refractivity contribution >= 4 is 5.97 Å². The highest BCUT2D eigenvalue weighted by Crippen LogP contribution is 2.23. The van der Waals surface area contributed by atoms with Gasteiger partial charge in [0.15, 0.2) is 0 Å². The summed E-state index contributed by atoms with van der Waals surface area (Å²) in [6.45, 7) is 10.4. The van der Waals surface area contributed by atoms with Crippen molar-refractivity contribution in [3.05, 3.63) is 34.9 Å². The first-order valence-electron chi connectivity index (χ1n) is 7.72.